The Morgan fingerprint density at radius 3 is 2.40 bits per heavy atom. The highest BCUT2D eigenvalue weighted by atomic mass is 16.2. The summed E-state index contributed by atoms with van der Waals surface area (Å²) in [7, 11) is 2.10. The van der Waals surface area contributed by atoms with E-state index in [1.54, 1.807) is 0 Å². The summed E-state index contributed by atoms with van der Waals surface area (Å²) < 4.78 is 2.19. The highest BCUT2D eigenvalue weighted by molar-refractivity contribution is 5.74. The first-order valence-corrected chi connectivity index (χ1v) is 9.82. The Labute approximate surface area is 150 Å². The molecule has 25 heavy (non-hydrogen) atoms. The minimum absolute atomic E-state index is 0.0563. The zero-order chi connectivity index (χ0) is 17.6. The van der Waals surface area contributed by atoms with Gasteiger partial charge in [0.1, 0.15) is 11.6 Å². The fourth-order valence-corrected chi connectivity index (χ4v) is 3.97. The predicted molar refractivity (Wildman–Crippen MR) is 97.4 cm³/mol. The zero-order valence-corrected chi connectivity index (χ0v) is 15.7. The Balaban J connectivity index is 1.57. The molecule has 2 amide bonds. The van der Waals surface area contributed by atoms with Gasteiger partial charge in [0, 0.05) is 32.6 Å². The molecule has 1 aromatic heterocycles. The summed E-state index contributed by atoms with van der Waals surface area (Å²) in [6, 6.07) is 0.0563. The average Bonchev–Trinajstić information content (AvgIpc) is 2.83. The van der Waals surface area contributed by atoms with E-state index in [9.17, 15) is 4.79 Å². The minimum Gasteiger partial charge on any atom is -0.338 e. The maximum atomic E-state index is 11.9. The Morgan fingerprint density at radius 1 is 1.08 bits per heavy atom. The van der Waals surface area contributed by atoms with E-state index in [2.05, 4.69) is 32.0 Å². The number of aromatic nitrogens is 3. The fourth-order valence-electron chi connectivity index (χ4n) is 3.97. The van der Waals surface area contributed by atoms with Crippen LogP contribution in [0.3, 0.4) is 0 Å². The lowest BCUT2D eigenvalue weighted by Gasteiger charge is -2.31. The second-order valence-corrected chi connectivity index (χ2v) is 7.32. The molecule has 0 saturated carbocycles. The van der Waals surface area contributed by atoms with Crippen LogP contribution in [-0.2, 0) is 13.6 Å². The zero-order valence-electron chi connectivity index (χ0n) is 15.7. The number of hydrogen-bond donors (Lipinski definition) is 1. The molecular formula is C18H32N6O. The molecule has 0 unspecified atom stereocenters. The Bertz CT molecular complexity index is 556. The standard InChI is InChI=1S/C18H32N6O/c1-3-19-18(25)24-12-8-15(9-13-24)17-21-20-16(22(17)2)14-23-10-6-4-5-7-11-23/h15H,3-14H2,1-2H3,(H,19,25). The molecule has 0 atom stereocenters. The fraction of sp³-hybridized carbons (Fsp3) is 0.833. The normalized spacial score (nSPS) is 20.5. The number of piperidine rings is 1. The largest absolute Gasteiger partial charge is 0.338 e. The van der Waals surface area contributed by atoms with Crippen molar-refractivity contribution in [2.45, 2.75) is 57.9 Å². The van der Waals surface area contributed by atoms with Crippen molar-refractivity contribution in [3.05, 3.63) is 11.6 Å². The number of carbonyl (C=O) groups is 1. The quantitative estimate of drug-likeness (QED) is 0.905. The highest BCUT2D eigenvalue weighted by Gasteiger charge is 2.27. The van der Waals surface area contributed by atoms with Gasteiger partial charge in [-0.15, -0.1) is 10.2 Å². The molecule has 2 saturated heterocycles. The number of rotatable bonds is 4. The summed E-state index contributed by atoms with van der Waals surface area (Å²) in [6.45, 7) is 7.48. The van der Waals surface area contributed by atoms with E-state index >= 15 is 0 Å². The third kappa shape index (κ3) is 4.51. The molecule has 7 heteroatoms. The first-order valence-electron chi connectivity index (χ1n) is 9.82. The van der Waals surface area contributed by atoms with Crippen LogP contribution in [0.5, 0.6) is 0 Å². The summed E-state index contributed by atoms with van der Waals surface area (Å²) in [5.74, 6) is 2.56. The summed E-state index contributed by atoms with van der Waals surface area (Å²) >= 11 is 0. The molecule has 2 fully saturated rings. The topological polar surface area (TPSA) is 66.3 Å². The highest BCUT2D eigenvalue weighted by Crippen LogP contribution is 2.27. The van der Waals surface area contributed by atoms with Gasteiger partial charge < -0.3 is 14.8 Å². The van der Waals surface area contributed by atoms with Crippen molar-refractivity contribution in [1.29, 1.82) is 0 Å². The Hall–Kier alpha value is -1.63. The van der Waals surface area contributed by atoms with E-state index in [4.69, 9.17) is 0 Å². The number of urea groups is 1. The lowest BCUT2D eigenvalue weighted by atomic mass is 9.96. The van der Waals surface area contributed by atoms with Gasteiger partial charge >= 0.3 is 6.03 Å². The van der Waals surface area contributed by atoms with Crippen LogP contribution >= 0.6 is 0 Å². The van der Waals surface area contributed by atoms with E-state index < -0.39 is 0 Å². The van der Waals surface area contributed by atoms with Gasteiger partial charge in [-0.2, -0.15) is 0 Å². The van der Waals surface area contributed by atoms with Crippen LogP contribution in [0.25, 0.3) is 0 Å². The molecule has 2 aliphatic heterocycles. The van der Waals surface area contributed by atoms with Gasteiger partial charge in [0.15, 0.2) is 0 Å². The van der Waals surface area contributed by atoms with E-state index in [1.165, 1.54) is 38.8 Å². The van der Waals surface area contributed by atoms with E-state index in [0.717, 1.165) is 44.1 Å². The molecule has 1 aromatic rings. The Kier molecular flexibility index (Phi) is 6.29. The van der Waals surface area contributed by atoms with Crippen molar-refractivity contribution in [2.24, 2.45) is 7.05 Å². The van der Waals surface area contributed by atoms with E-state index in [-0.39, 0.29) is 6.03 Å². The maximum Gasteiger partial charge on any atom is 0.317 e. The number of amides is 2. The van der Waals surface area contributed by atoms with E-state index in [0.29, 0.717) is 12.5 Å². The molecule has 0 spiro atoms. The first kappa shape index (κ1) is 18.2. The van der Waals surface area contributed by atoms with Gasteiger partial charge in [-0.25, -0.2) is 4.79 Å². The van der Waals surface area contributed by atoms with Crippen molar-refractivity contribution >= 4 is 6.03 Å². The van der Waals surface area contributed by atoms with Gasteiger partial charge in [0.25, 0.3) is 0 Å². The molecule has 140 valence electrons. The summed E-state index contributed by atoms with van der Waals surface area (Å²) in [4.78, 5) is 16.4. The molecular weight excluding hydrogens is 316 g/mol. The van der Waals surface area contributed by atoms with E-state index in [1.807, 2.05) is 11.8 Å². The van der Waals surface area contributed by atoms with Crippen LogP contribution in [0.4, 0.5) is 4.79 Å². The van der Waals surface area contributed by atoms with Crippen LogP contribution in [0, 0.1) is 0 Å². The number of likely N-dealkylation sites (tertiary alicyclic amines) is 2. The minimum atomic E-state index is 0.0563. The van der Waals surface area contributed by atoms with Crippen LogP contribution in [0.2, 0.25) is 0 Å². The van der Waals surface area contributed by atoms with Gasteiger partial charge in [-0.3, -0.25) is 4.90 Å². The van der Waals surface area contributed by atoms with Crippen LogP contribution in [-0.4, -0.2) is 63.3 Å². The maximum absolute atomic E-state index is 11.9. The van der Waals surface area contributed by atoms with Gasteiger partial charge in [0.2, 0.25) is 0 Å². The van der Waals surface area contributed by atoms with Crippen LogP contribution in [0.1, 0.15) is 63.0 Å². The molecule has 0 radical (unpaired) electrons. The van der Waals surface area contributed by atoms with Gasteiger partial charge in [-0.05, 0) is 45.7 Å². The summed E-state index contributed by atoms with van der Waals surface area (Å²) in [5, 5.41) is 11.9. The molecule has 0 bridgehead atoms. The summed E-state index contributed by atoms with van der Waals surface area (Å²) in [5.41, 5.74) is 0. The summed E-state index contributed by atoms with van der Waals surface area (Å²) in [6.07, 6.45) is 7.22. The van der Waals surface area contributed by atoms with Crippen molar-refractivity contribution in [3.8, 4) is 0 Å². The average molecular weight is 348 g/mol. The lowest BCUT2D eigenvalue weighted by molar-refractivity contribution is 0.180. The van der Waals surface area contributed by atoms with Crippen molar-refractivity contribution in [2.75, 3.05) is 32.7 Å². The predicted octanol–water partition coefficient (Wildman–Crippen LogP) is 2.10. The molecule has 2 aliphatic rings. The van der Waals surface area contributed by atoms with Crippen molar-refractivity contribution in [1.82, 2.24) is 29.9 Å². The van der Waals surface area contributed by atoms with Crippen molar-refractivity contribution < 1.29 is 4.79 Å². The second kappa shape index (κ2) is 8.65. The molecule has 3 rings (SSSR count). The molecule has 7 nitrogen and oxygen atoms in total. The Morgan fingerprint density at radius 2 is 1.76 bits per heavy atom. The van der Waals surface area contributed by atoms with Crippen LogP contribution in [0.15, 0.2) is 0 Å². The molecule has 1 N–H and O–H groups in total. The third-order valence-electron chi connectivity index (χ3n) is 5.54. The number of nitrogens with zero attached hydrogens (tertiary/aromatic N) is 5. The smallest absolute Gasteiger partial charge is 0.317 e. The van der Waals surface area contributed by atoms with Gasteiger partial charge in [-0.1, -0.05) is 12.8 Å². The monoisotopic (exact) mass is 348 g/mol. The lowest BCUT2D eigenvalue weighted by Crippen LogP contribution is -2.44. The van der Waals surface area contributed by atoms with Gasteiger partial charge in [0.05, 0.1) is 6.54 Å². The van der Waals surface area contributed by atoms with Crippen molar-refractivity contribution in [3.63, 3.8) is 0 Å². The molecule has 0 aliphatic carbocycles. The number of carbonyl (C=O) groups excluding carboxylic acids is 1. The first-order chi connectivity index (χ1) is 12.2. The molecule has 0 aromatic carbocycles. The van der Waals surface area contributed by atoms with Crippen LogP contribution < -0.4 is 5.32 Å². The molecule has 3 heterocycles. The third-order valence-corrected chi connectivity index (χ3v) is 5.54. The number of nitrogens with one attached hydrogen (secondary N) is 1. The second-order valence-electron chi connectivity index (χ2n) is 7.32. The number of hydrogen-bond acceptors (Lipinski definition) is 4. The SMILES string of the molecule is CCNC(=O)N1CCC(c2nnc(CN3CCCCCC3)n2C)CC1.